The molecular formula is C28H33N3O6S2. The lowest BCUT2D eigenvalue weighted by Crippen LogP contribution is -2.38. The summed E-state index contributed by atoms with van der Waals surface area (Å²) in [6.07, 6.45) is 2.54. The molecule has 0 atom stereocenters. The van der Waals surface area contributed by atoms with Gasteiger partial charge in [0.1, 0.15) is 12.3 Å². The Kier molecular flexibility index (Phi) is 11.2. The van der Waals surface area contributed by atoms with Gasteiger partial charge in [-0.3, -0.25) is 13.9 Å². The van der Waals surface area contributed by atoms with Crippen molar-refractivity contribution in [3.63, 3.8) is 0 Å². The molecule has 0 bridgehead atoms. The van der Waals surface area contributed by atoms with Crippen molar-refractivity contribution in [2.45, 2.75) is 23.1 Å². The minimum Gasteiger partial charge on any atom is -0.494 e. The second kappa shape index (κ2) is 14.6. The molecule has 0 aliphatic heterocycles. The summed E-state index contributed by atoms with van der Waals surface area (Å²) in [5.41, 5.74) is 0.846. The molecule has 0 heterocycles. The highest BCUT2D eigenvalue weighted by atomic mass is 32.2. The lowest BCUT2D eigenvalue weighted by molar-refractivity contribution is -0.114. The third kappa shape index (κ3) is 8.22. The minimum atomic E-state index is -4.10. The van der Waals surface area contributed by atoms with Gasteiger partial charge in [0, 0.05) is 25.2 Å². The van der Waals surface area contributed by atoms with Crippen LogP contribution < -0.4 is 19.7 Å². The number of para-hydroxylation sites is 1. The fourth-order valence-electron chi connectivity index (χ4n) is 3.69. The van der Waals surface area contributed by atoms with E-state index in [9.17, 15) is 18.0 Å². The summed E-state index contributed by atoms with van der Waals surface area (Å²) in [5.74, 6) is -0.377. The van der Waals surface area contributed by atoms with E-state index in [0.717, 1.165) is 9.20 Å². The minimum absolute atomic E-state index is 0.0535. The number of hydrogen-bond donors (Lipinski definition) is 2. The van der Waals surface area contributed by atoms with E-state index in [4.69, 9.17) is 9.47 Å². The van der Waals surface area contributed by atoms with Gasteiger partial charge in [-0.15, -0.1) is 11.8 Å². The molecule has 2 N–H and O–H groups in total. The number of nitrogens with one attached hydrogen (secondary N) is 2. The van der Waals surface area contributed by atoms with Gasteiger partial charge in [-0.1, -0.05) is 12.1 Å². The van der Waals surface area contributed by atoms with E-state index in [0.29, 0.717) is 37.6 Å². The number of carbonyl (C=O) groups is 2. The molecule has 39 heavy (non-hydrogen) atoms. The first-order valence-electron chi connectivity index (χ1n) is 12.4. The van der Waals surface area contributed by atoms with E-state index >= 15 is 0 Å². The predicted molar refractivity (Wildman–Crippen MR) is 154 cm³/mol. The first kappa shape index (κ1) is 30.0. The molecule has 208 valence electrons. The summed E-state index contributed by atoms with van der Waals surface area (Å²) in [6, 6.07) is 19.5. The summed E-state index contributed by atoms with van der Waals surface area (Å²) in [4.78, 5) is 26.9. The zero-order valence-corrected chi connectivity index (χ0v) is 23.8. The number of sulfonamides is 1. The van der Waals surface area contributed by atoms with E-state index in [1.54, 1.807) is 67.8 Å². The number of hydrogen-bond acceptors (Lipinski definition) is 7. The standard InChI is InChI=1S/C28H33N3O6S2/c1-4-37-22-12-10-21(11-13-22)31(39(34,35)24-16-14-23(38-3)15-17-24)20-27(32)30-26-9-6-5-8-25(26)28(33)29-18-7-19-36-2/h5-6,8-17H,4,7,18-20H2,1-3H3,(H,29,33)(H,30,32). The number of anilines is 2. The van der Waals surface area contributed by atoms with Crippen LogP contribution in [-0.2, 0) is 19.6 Å². The highest BCUT2D eigenvalue weighted by Gasteiger charge is 2.28. The van der Waals surface area contributed by atoms with Gasteiger partial charge in [-0.2, -0.15) is 0 Å². The largest absolute Gasteiger partial charge is 0.494 e. The van der Waals surface area contributed by atoms with Crippen LogP contribution in [0.15, 0.2) is 82.6 Å². The van der Waals surface area contributed by atoms with Crippen LogP contribution in [0, 0.1) is 0 Å². The Morgan fingerprint density at radius 2 is 1.67 bits per heavy atom. The summed E-state index contributed by atoms with van der Waals surface area (Å²) < 4.78 is 38.9. The van der Waals surface area contributed by atoms with Crippen LogP contribution in [0.4, 0.5) is 11.4 Å². The summed E-state index contributed by atoms with van der Waals surface area (Å²) in [5, 5.41) is 5.50. The highest BCUT2D eigenvalue weighted by molar-refractivity contribution is 7.98. The molecular weight excluding hydrogens is 538 g/mol. The Morgan fingerprint density at radius 3 is 2.31 bits per heavy atom. The van der Waals surface area contributed by atoms with Crippen molar-refractivity contribution in [2.75, 3.05) is 49.3 Å². The van der Waals surface area contributed by atoms with Crippen molar-refractivity contribution in [1.29, 1.82) is 0 Å². The Labute approximate surface area is 233 Å². The number of ether oxygens (including phenoxy) is 2. The molecule has 0 unspecified atom stereocenters. The van der Waals surface area contributed by atoms with Gasteiger partial charge < -0.3 is 20.1 Å². The van der Waals surface area contributed by atoms with Crippen LogP contribution in [-0.4, -0.2) is 59.9 Å². The van der Waals surface area contributed by atoms with Crippen molar-refractivity contribution < 1.29 is 27.5 Å². The van der Waals surface area contributed by atoms with Crippen LogP contribution in [0.3, 0.4) is 0 Å². The number of nitrogens with zero attached hydrogens (tertiary/aromatic N) is 1. The SMILES string of the molecule is CCOc1ccc(N(CC(=O)Nc2ccccc2C(=O)NCCCOC)S(=O)(=O)c2ccc(SC)cc2)cc1. The van der Waals surface area contributed by atoms with Crippen LogP contribution in [0.2, 0.25) is 0 Å². The number of thioether (sulfide) groups is 1. The second-order valence-corrected chi connectivity index (χ2v) is 11.1. The molecule has 0 aliphatic rings. The predicted octanol–water partition coefficient (Wildman–Crippen LogP) is 4.41. The fourth-order valence-corrected chi connectivity index (χ4v) is 5.52. The van der Waals surface area contributed by atoms with E-state index < -0.39 is 22.5 Å². The van der Waals surface area contributed by atoms with Crippen molar-refractivity contribution in [3.8, 4) is 5.75 Å². The van der Waals surface area contributed by atoms with E-state index in [1.165, 1.54) is 23.9 Å². The van der Waals surface area contributed by atoms with E-state index in [2.05, 4.69) is 10.6 Å². The molecule has 0 fully saturated rings. The molecule has 3 aromatic rings. The smallest absolute Gasteiger partial charge is 0.264 e. The molecule has 2 amide bonds. The third-order valence-electron chi connectivity index (χ3n) is 5.63. The number of rotatable bonds is 14. The zero-order chi connectivity index (χ0) is 28.3. The van der Waals surface area contributed by atoms with E-state index in [-0.39, 0.29) is 22.1 Å². The van der Waals surface area contributed by atoms with Gasteiger partial charge in [-0.05, 0) is 80.3 Å². The molecule has 0 aliphatic carbocycles. The molecule has 0 saturated heterocycles. The van der Waals surface area contributed by atoms with Gasteiger partial charge in [0.05, 0.1) is 28.4 Å². The molecule has 0 saturated carbocycles. The van der Waals surface area contributed by atoms with Gasteiger partial charge in [0.25, 0.3) is 15.9 Å². The number of benzene rings is 3. The Hall–Kier alpha value is -3.54. The maximum absolute atomic E-state index is 13.7. The molecule has 11 heteroatoms. The number of methoxy groups -OCH3 is 1. The van der Waals surface area contributed by atoms with Gasteiger partial charge in [0.2, 0.25) is 5.91 Å². The first-order valence-corrected chi connectivity index (χ1v) is 15.0. The monoisotopic (exact) mass is 571 g/mol. The van der Waals surface area contributed by atoms with Crippen molar-refractivity contribution in [2.24, 2.45) is 0 Å². The topological polar surface area (TPSA) is 114 Å². The van der Waals surface area contributed by atoms with Crippen LogP contribution in [0.25, 0.3) is 0 Å². The van der Waals surface area contributed by atoms with Gasteiger partial charge >= 0.3 is 0 Å². The van der Waals surface area contributed by atoms with Crippen LogP contribution >= 0.6 is 11.8 Å². The third-order valence-corrected chi connectivity index (χ3v) is 8.16. The average molecular weight is 572 g/mol. The first-order chi connectivity index (χ1) is 18.8. The van der Waals surface area contributed by atoms with Crippen molar-refractivity contribution >= 4 is 45.0 Å². The second-order valence-electron chi connectivity index (χ2n) is 8.31. The van der Waals surface area contributed by atoms with Crippen LogP contribution in [0.1, 0.15) is 23.7 Å². The molecule has 3 rings (SSSR count). The van der Waals surface area contributed by atoms with E-state index in [1.807, 2.05) is 13.2 Å². The number of amides is 2. The zero-order valence-electron chi connectivity index (χ0n) is 22.2. The van der Waals surface area contributed by atoms with Gasteiger partial charge in [0.15, 0.2) is 0 Å². The number of carbonyl (C=O) groups excluding carboxylic acids is 2. The van der Waals surface area contributed by atoms with Crippen molar-refractivity contribution in [3.05, 3.63) is 78.4 Å². The average Bonchev–Trinajstić information content (AvgIpc) is 2.95. The Morgan fingerprint density at radius 1 is 0.974 bits per heavy atom. The lowest BCUT2D eigenvalue weighted by Gasteiger charge is -2.24. The maximum atomic E-state index is 13.7. The summed E-state index contributed by atoms with van der Waals surface area (Å²) in [7, 11) is -2.52. The fraction of sp³-hybridized carbons (Fsp3) is 0.286. The Balaban J connectivity index is 1.87. The summed E-state index contributed by atoms with van der Waals surface area (Å²) >= 11 is 1.50. The molecule has 9 nitrogen and oxygen atoms in total. The van der Waals surface area contributed by atoms with Gasteiger partial charge in [-0.25, -0.2) is 8.42 Å². The summed E-state index contributed by atoms with van der Waals surface area (Å²) in [6.45, 7) is 2.73. The molecule has 0 spiro atoms. The molecule has 0 radical (unpaired) electrons. The lowest BCUT2D eigenvalue weighted by atomic mass is 10.1. The Bertz CT molecular complexity index is 1350. The van der Waals surface area contributed by atoms with Crippen LogP contribution in [0.5, 0.6) is 5.75 Å². The molecule has 0 aromatic heterocycles. The van der Waals surface area contributed by atoms with Crippen molar-refractivity contribution in [1.82, 2.24) is 5.32 Å². The quantitative estimate of drug-likeness (QED) is 0.218. The normalized spacial score (nSPS) is 11.1. The maximum Gasteiger partial charge on any atom is 0.264 e. The molecule has 3 aromatic carbocycles. The highest BCUT2D eigenvalue weighted by Crippen LogP contribution is 2.27.